The van der Waals surface area contributed by atoms with Crippen LogP contribution in [0.4, 0.5) is 5.82 Å². The third-order valence-electron chi connectivity index (χ3n) is 2.23. The van der Waals surface area contributed by atoms with Crippen LogP contribution in [0, 0.1) is 6.92 Å². The Morgan fingerprint density at radius 1 is 1.47 bits per heavy atom. The SMILES string of the molecule is Cc1cc(NC(=O)c2ccnc(Br)c2)n(C)n1. The first-order valence-corrected chi connectivity index (χ1v) is 5.79. The van der Waals surface area contributed by atoms with E-state index in [4.69, 9.17) is 0 Å². The fourth-order valence-corrected chi connectivity index (χ4v) is 1.82. The number of carbonyl (C=O) groups is 1. The molecule has 88 valence electrons. The first kappa shape index (κ1) is 11.8. The lowest BCUT2D eigenvalue weighted by Crippen LogP contribution is -2.14. The summed E-state index contributed by atoms with van der Waals surface area (Å²) in [6.45, 7) is 1.87. The molecule has 0 radical (unpaired) electrons. The lowest BCUT2D eigenvalue weighted by Gasteiger charge is -2.04. The second kappa shape index (κ2) is 4.67. The van der Waals surface area contributed by atoms with Crippen molar-refractivity contribution in [2.45, 2.75) is 6.92 Å². The van der Waals surface area contributed by atoms with E-state index in [0.717, 1.165) is 5.69 Å². The standard InChI is InChI=1S/C11H11BrN4O/c1-7-5-10(16(2)15-7)14-11(17)8-3-4-13-9(12)6-8/h3-6H,1-2H3,(H,14,17). The van der Waals surface area contributed by atoms with Gasteiger partial charge >= 0.3 is 0 Å². The van der Waals surface area contributed by atoms with Crippen molar-refractivity contribution in [3.8, 4) is 0 Å². The number of aromatic nitrogens is 3. The number of nitrogens with zero attached hydrogens (tertiary/aromatic N) is 3. The summed E-state index contributed by atoms with van der Waals surface area (Å²) in [6, 6.07) is 5.13. The van der Waals surface area contributed by atoms with Crippen LogP contribution in [0.15, 0.2) is 29.0 Å². The molecule has 0 spiro atoms. The highest BCUT2D eigenvalue weighted by Gasteiger charge is 2.09. The fraction of sp³-hybridized carbons (Fsp3) is 0.182. The van der Waals surface area contributed by atoms with Gasteiger partial charge in [-0.05, 0) is 35.0 Å². The van der Waals surface area contributed by atoms with Gasteiger partial charge in [-0.1, -0.05) is 0 Å². The summed E-state index contributed by atoms with van der Waals surface area (Å²) in [5.41, 5.74) is 1.41. The van der Waals surface area contributed by atoms with Gasteiger partial charge in [0.2, 0.25) is 0 Å². The van der Waals surface area contributed by atoms with E-state index in [1.165, 1.54) is 0 Å². The van der Waals surface area contributed by atoms with E-state index in [-0.39, 0.29) is 5.91 Å². The summed E-state index contributed by atoms with van der Waals surface area (Å²) in [7, 11) is 1.78. The van der Waals surface area contributed by atoms with E-state index in [1.54, 1.807) is 30.1 Å². The Kier molecular flexibility index (Phi) is 3.23. The topological polar surface area (TPSA) is 59.8 Å². The van der Waals surface area contributed by atoms with Crippen LogP contribution in [0.5, 0.6) is 0 Å². The number of halogens is 1. The van der Waals surface area contributed by atoms with E-state index in [1.807, 2.05) is 13.0 Å². The Morgan fingerprint density at radius 3 is 2.82 bits per heavy atom. The van der Waals surface area contributed by atoms with Crippen molar-refractivity contribution in [2.75, 3.05) is 5.32 Å². The van der Waals surface area contributed by atoms with Crippen LogP contribution in [-0.4, -0.2) is 20.7 Å². The number of carbonyl (C=O) groups excluding carboxylic acids is 1. The summed E-state index contributed by atoms with van der Waals surface area (Å²) in [4.78, 5) is 15.9. The van der Waals surface area contributed by atoms with Crippen molar-refractivity contribution in [2.24, 2.45) is 7.05 Å². The lowest BCUT2D eigenvalue weighted by atomic mass is 10.2. The highest BCUT2D eigenvalue weighted by molar-refractivity contribution is 9.10. The first-order valence-electron chi connectivity index (χ1n) is 5.00. The summed E-state index contributed by atoms with van der Waals surface area (Å²) in [6.07, 6.45) is 1.58. The molecule has 0 fully saturated rings. The molecule has 2 rings (SSSR count). The van der Waals surface area contributed by atoms with Gasteiger partial charge in [0, 0.05) is 24.9 Å². The second-order valence-electron chi connectivity index (χ2n) is 3.62. The number of hydrogen-bond donors (Lipinski definition) is 1. The van der Waals surface area contributed by atoms with Crippen LogP contribution < -0.4 is 5.32 Å². The Hall–Kier alpha value is -1.69. The molecule has 1 amide bonds. The third kappa shape index (κ3) is 2.71. The van der Waals surface area contributed by atoms with E-state index >= 15 is 0 Å². The van der Waals surface area contributed by atoms with Crippen molar-refractivity contribution < 1.29 is 4.79 Å². The molecule has 0 aromatic carbocycles. The molecule has 2 aromatic rings. The molecule has 2 aromatic heterocycles. The van der Waals surface area contributed by atoms with Crippen molar-refractivity contribution in [1.29, 1.82) is 0 Å². The molecular weight excluding hydrogens is 284 g/mol. The molecule has 0 aliphatic heterocycles. The summed E-state index contributed by atoms with van der Waals surface area (Å²) < 4.78 is 2.26. The molecule has 0 saturated carbocycles. The fourth-order valence-electron chi connectivity index (χ4n) is 1.46. The number of anilines is 1. The van der Waals surface area contributed by atoms with Crippen molar-refractivity contribution >= 4 is 27.7 Å². The smallest absolute Gasteiger partial charge is 0.256 e. The monoisotopic (exact) mass is 294 g/mol. The minimum atomic E-state index is -0.184. The third-order valence-corrected chi connectivity index (χ3v) is 2.67. The molecule has 6 heteroatoms. The van der Waals surface area contributed by atoms with E-state index in [0.29, 0.717) is 16.0 Å². The second-order valence-corrected chi connectivity index (χ2v) is 4.43. The zero-order chi connectivity index (χ0) is 12.4. The normalized spacial score (nSPS) is 10.3. The highest BCUT2D eigenvalue weighted by atomic mass is 79.9. The Morgan fingerprint density at radius 2 is 2.24 bits per heavy atom. The minimum absolute atomic E-state index is 0.184. The largest absolute Gasteiger partial charge is 0.307 e. The van der Waals surface area contributed by atoms with E-state index < -0.39 is 0 Å². The van der Waals surface area contributed by atoms with Crippen LogP contribution in [0.3, 0.4) is 0 Å². The number of nitrogens with one attached hydrogen (secondary N) is 1. The van der Waals surface area contributed by atoms with Crippen LogP contribution in [0.2, 0.25) is 0 Å². The van der Waals surface area contributed by atoms with E-state index in [9.17, 15) is 4.79 Å². The summed E-state index contributed by atoms with van der Waals surface area (Å²) in [5, 5.41) is 6.94. The highest BCUT2D eigenvalue weighted by Crippen LogP contribution is 2.12. The van der Waals surface area contributed by atoms with Gasteiger partial charge in [-0.2, -0.15) is 5.10 Å². The van der Waals surface area contributed by atoms with Crippen LogP contribution >= 0.6 is 15.9 Å². The number of amides is 1. The molecule has 0 bridgehead atoms. The molecule has 0 atom stereocenters. The zero-order valence-corrected chi connectivity index (χ0v) is 11.0. The predicted molar refractivity (Wildman–Crippen MR) is 67.8 cm³/mol. The van der Waals surface area contributed by atoms with Crippen LogP contribution in [-0.2, 0) is 7.05 Å². The Balaban J connectivity index is 2.20. The summed E-state index contributed by atoms with van der Waals surface area (Å²) in [5.74, 6) is 0.483. The maximum atomic E-state index is 11.9. The molecule has 17 heavy (non-hydrogen) atoms. The number of pyridine rings is 1. The molecule has 5 nitrogen and oxygen atoms in total. The zero-order valence-electron chi connectivity index (χ0n) is 9.44. The maximum absolute atomic E-state index is 11.9. The van der Waals surface area contributed by atoms with Crippen LogP contribution in [0.1, 0.15) is 16.1 Å². The molecule has 0 unspecified atom stereocenters. The number of hydrogen-bond acceptors (Lipinski definition) is 3. The molecule has 0 aliphatic carbocycles. The maximum Gasteiger partial charge on any atom is 0.256 e. The lowest BCUT2D eigenvalue weighted by molar-refractivity contribution is 0.102. The van der Waals surface area contributed by atoms with Crippen LogP contribution in [0.25, 0.3) is 0 Å². The Bertz CT molecular complexity index is 564. The number of aryl methyl sites for hydroxylation is 2. The molecule has 0 aliphatic rings. The minimum Gasteiger partial charge on any atom is -0.307 e. The average molecular weight is 295 g/mol. The van der Waals surface area contributed by atoms with E-state index in [2.05, 4.69) is 31.3 Å². The van der Waals surface area contributed by atoms with Gasteiger partial charge in [0.25, 0.3) is 5.91 Å². The average Bonchev–Trinajstić information content (AvgIpc) is 2.57. The van der Waals surface area contributed by atoms with Gasteiger partial charge < -0.3 is 5.32 Å². The first-order chi connectivity index (χ1) is 8.06. The summed E-state index contributed by atoms with van der Waals surface area (Å²) >= 11 is 3.23. The van der Waals surface area contributed by atoms with Gasteiger partial charge in [-0.25, -0.2) is 4.98 Å². The van der Waals surface area contributed by atoms with Crippen molar-refractivity contribution in [1.82, 2.24) is 14.8 Å². The van der Waals surface area contributed by atoms with Crippen molar-refractivity contribution in [3.63, 3.8) is 0 Å². The molecule has 2 heterocycles. The van der Waals surface area contributed by atoms with Gasteiger partial charge in [-0.3, -0.25) is 9.48 Å². The molecule has 1 N–H and O–H groups in total. The molecule has 0 saturated heterocycles. The predicted octanol–water partition coefficient (Wildman–Crippen LogP) is 2.14. The van der Waals surface area contributed by atoms with Gasteiger partial charge in [0.15, 0.2) is 0 Å². The molecular formula is C11H11BrN4O. The van der Waals surface area contributed by atoms with Crippen molar-refractivity contribution in [3.05, 3.63) is 40.3 Å². The van der Waals surface area contributed by atoms with Gasteiger partial charge in [0.1, 0.15) is 10.4 Å². The quantitative estimate of drug-likeness (QED) is 0.863. The number of rotatable bonds is 2. The van der Waals surface area contributed by atoms with Gasteiger partial charge in [0.05, 0.1) is 5.69 Å². The van der Waals surface area contributed by atoms with Gasteiger partial charge in [-0.15, -0.1) is 0 Å². The Labute approximate surface area is 107 Å².